The van der Waals surface area contributed by atoms with Crippen molar-refractivity contribution in [1.82, 2.24) is 0 Å². The van der Waals surface area contributed by atoms with Crippen molar-refractivity contribution in [1.29, 1.82) is 0 Å². The van der Waals surface area contributed by atoms with E-state index in [1.54, 1.807) is 6.92 Å². The molecule has 0 heterocycles. The first kappa shape index (κ1) is 14.7. The molecule has 0 aliphatic heterocycles. The quantitative estimate of drug-likeness (QED) is 0.710. The number of hydrogen-bond acceptors (Lipinski definition) is 4. The molecular weight excluding hydrogens is 252 g/mol. The normalized spacial score (nSPS) is 11.2. The summed E-state index contributed by atoms with van der Waals surface area (Å²) < 4.78 is 27.8. The fourth-order valence-corrected chi connectivity index (χ4v) is 2.77. The van der Waals surface area contributed by atoms with Crippen molar-refractivity contribution in [2.45, 2.75) is 26.4 Å². The molecule has 0 aliphatic carbocycles. The van der Waals surface area contributed by atoms with Crippen molar-refractivity contribution in [2.75, 3.05) is 11.5 Å². The highest BCUT2D eigenvalue weighted by Gasteiger charge is 2.13. The van der Waals surface area contributed by atoms with E-state index in [0.717, 1.165) is 5.56 Å². The van der Waals surface area contributed by atoms with E-state index >= 15 is 0 Å². The second-order valence-electron chi connectivity index (χ2n) is 4.05. The molecule has 1 rings (SSSR count). The van der Waals surface area contributed by atoms with Gasteiger partial charge in [0.25, 0.3) is 0 Å². The predicted molar refractivity (Wildman–Crippen MR) is 69.8 cm³/mol. The van der Waals surface area contributed by atoms with Crippen molar-refractivity contribution in [2.24, 2.45) is 0 Å². The molecule has 1 aromatic rings. The van der Waals surface area contributed by atoms with Crippen molar-refractivity contribution in [3.63, 3.8) is 0 Å². The molecule has 100 valence electrons. The van der Waals surface area contributed by atoms with Crippen LogP contribution in [0.15, 0.2) is 30.3 Å². The van der Waals surface area contributed by atoms with Crippen LogP contribution >= 0.6 is 0 Å². The maximum absolute atomic E-state index is 11.4. The Bertz CT molecular complexity index is 465. The van der Waals surface area contributed by atoms with Crippen LogP contribution in [0.4, 0.5) is 0 Å². The number of benzene rings is 1. The Morgan fingerprint density at radius 3 is 2.44 bits per heavy atom. The Morgan fingerprint density at radius 2 is 1.83 bits per heavy atom. The van der Waals surface area contributed by atoms with Gasteiger partial charge in [-0.15, -0.1) is 0 Å². The number of esters is 1. The first-order valence-corrected chi connectivity index (χ1v) is 7.75. The smallest absolute Gasteiger partial charge is 0.307 e. The fourth-order valence-electron chi connectivity index (χ4n) is 1.46. The van der Waals surface area contributed by atoms with Crippen LogP contribution in [0.1, 0.15) is 25.3 Å². The van der Waals surface area contributed by atoms with Gasteiger partial charge in [0.15, 0.2) is 9.84 Å². The van der Waals surface area contributed by atoms with Gasteiger partial charge in [-0.3, -0.25) is 4.79 Å². The number of rotatable bonds is 7. The van der Waals surface area contributed by atoms with Crippen LogP contribution in [0.5, 0.6) is 0 Å². The average molecular weight is 270 g/mol. The third-order valence-electron chi connectivity index (χ3n) is 2.37. The molecule has 1 aromatic carbocycles. The molecule has 0 N–H and O–H groups in total. The van der Waals surface area contributed by atoms with Gasteiger partial charge in [-0.2, -0.15) is 0 Å². The van der Waals surface area contributed by atoms with Crippen molar-refractivity contribution in [3.05, 3.63) is 35.9 Å². The number of sulfone groups is 1. The molecule has 0 unspecified atom stereocenters. The van der Waals surface area contributed by atoms with Gasteiger partial charge in [0.05, 0.1) is 12.2 Å². The Morgan fingerprint density at radius 1 is 1.17 bits per heavy atom. The molecule has 18 heavy (non-hydrogen) atoms. The first-order valence-electron chi connectivity index (χ1n) is 5.93. The summed E-state index contributed by atoms with van der Waals surface area (Å²) in [5, 5.41) is 0. The molecule has 0 aromatic heterocycles. The zero-order valence-corrected chi connectivity index (χ0v) is 11.3. The van der Waals surface area contributed by atoms with Gasteiger partial charge in [-0.05, 0) is 12.0 Å². The Balaban J connectivity index is 2.31. The Labute approximate surface area is 108 Å². The molecule has 4 nitrogen and oxygen atoms in total. The van der Waals surface area contributed by atoms with Crippen LogP contribution < -0.4 is 0 Å². The summed E-state index contributed by atoms with van der Waals surface area (Å²) in [7, 11) is -3.11. The van der Waals surface area contributed by atoms with Crippen LogP contribution in [0.2, 0.25) is 0 Å². The highest BCUT2D eigenvalue weighted by Crippen LogP contribution is 2.03. The first-order chi connectivity index (χ1) is 8.53. The van der Waals surface area contributed by atoms with E-state index in [1.807, 2.05) is 30.3 Å². The van der Waals surface area contributed by atoms with E-state index in [9.17, 15) is 13.2 Å². The van der Waals surface area contributed by atoms with E-state index in [0.29, 0.717) is 6.42 Å². The lowest BCUT2D eigenvalue weighted by Gasteiger charge is -2.05. The summed E-state index contributed by atoms with van der Waals surface area (Å²) in [6, 6.07) is 9.29. The summed E-state index contributed by atoms with van der Waals surface area (Å²) >= 11 is 0. The van der Waals surface area contributed by atoms with Crippen LogP contribution in [-0.4, -0.2) is 25.9 Å². The monoisotopic (exact) mass is 270 g/mol. The van der Waals surface area contributed by atoms with Gasteiger partial charge in [-0.25, -0.2) is 8.42 Å². The molecule has 0 fully saturated rings. The fraction of sp³-hybridized carbons (Fsp3) is 0.462. The molecule has 0 saturated heterocycles. The molecular formula is C13H18O4S. The Hall–Kier alpha value is -1.36. The van der Waals surface area contributed by atoms with Gasteiger partial charge in [0, 0.05) is 5.75 Å². The minimum atomic E-state index is -3.11. The van der Waals surface area contributed by atoms with Gasteiger partial charge >= 0.3 is 5.97 Å². The second kappa shape index (κ2) is 7.16. The Kier molecular flexibility index (Phi) is 5.85. The number of carbonyl (C=O) groups is 1. The van der Waals surface area contributed by atoms with Crippen LogP contribution in [0.3, 0.4) is 0 Å². The number of carbonyl (C=O) groups excluding carboxylic acids is 1. The summed E-state index contributed by atoms with van der Waals surface area (Å²) in [4.78, 5) is 11.4. The highest BCUT2D eigenvalue weighted by molar-refractivity contribution is 7.91. The third kappa shape index (κ3) is 5.82. The molecule has 0 spiro atoms. The zero-order chi connectivity index (χ0) is 13.4. The lowest BCUT2D eigenvalue weighted by molar-refractivity contribution is -0.144. The van der Waals surface area contributed by atoms with E-state index in [2.05, 4.69) is 0 Å². The SMILES string of the molecule is CCCS(=O)(=O)CCC(=O)OCc1ccccc1. The minimum Gasteiger partial charge on any atom is -0.461 e. The average Bonchev–Trinajstić information content (AvgIpc) is 2.35. The third-order valence-corrected chi connectivity index (χ3v) is 4.23. The minimum absolute atomic E-state index is 0.0742. The summed E-state index contributed by atoms with van der Waals surface area (Å²) in [6.45, 7) is 1.98. The predicted octanol–water partition coefficient (Wildman–Crippen LogP) is 1.94. The standard InChI is InChI=1S/C13H18O4S/c1-2-9-18(15,16)10-8-13(14)17-11-12-6-4-3-5-7-12/h3-7H,2,8-11H2,1H3. The number of ether oxygens (including phenoxy) is 1. The lowest BCUT2D eigenvalue weighted by atomic mass is 10.2. The largest absolute Gasteiger partial charge is 0.461 e. The topological polar surface area (TPSA) is 60.4 Å². The molecule has 0 saturated carbocycles. The van der Waals surface area contributed by atoms with Crippen LogP contribution in [-0.2, 0) is 26.0 Å². The van der Waals surface area contributed by atoms with Gasteiger partial charge in [0.1, 0.15) is 6.61 Å². The van der Waals surface area contributed by atoms with Crippen molar-refractivity contribution >= 4 is 15.8 Å². The summed E-state index contributed by atoms with van der Waals surface area (Å²) in [6.07, 6.45) is 0.497. The summed E-state index contributed by atoms with van der Waals surface area (Å²) in [5.74, 6) is -0.480. The molecule has 0 aliphatic rings. The maximum atomic E-state index is 11.4. The molecule has 0 amide bonds. The zero-order valence-electron chi connectivity index (χ0n) is 10.5. The molecule has 0 bridgehead atoms. The molecule has 5 heteroatoms. The van der Waals surface area contributed by atoms with Gasteiger partial charge < -0.3 is 4.74 Å². The summed E-state index contributed by atoms with van der Waals surface area (Å²) in [5.41, 5.74) is 0.891. The van der Waals surface area contributed by atoms with Crippen LogP contribution in [0, 0.1) is 0 Å². The second-order valence-corrected chi connectivity index (χ2v) is 6.35. The van der Waals surface area contributed by atoms with Crippen molar-refractivity contribution in [3.8, 4) is 0 Å². The van der Waals surface area contributed by atoms with E-state index in [-0.39, 0.29) is 24.5 Å². The van der Waals surface area contributed by atoms with Crippen molar-refractivity contribution < 1.29 is 17.9 Å². The number of hydrogen-bond donors (Lipinski definition) is 0. The van der Waals surface area contributed by atoms with E-state index in [1.165, 1.54) is 0 Å². The van der Waals surface area contributed by atoms with E-state index in [4.69, 9.17) is 4.74 Å². The highest BCUT2D eigenvalue weighted by atomic mass is 32.2. The maximum Gasteiger partial charge on any atom is 0.307 e. The van der Waals surface area contributed by atoms with Gasteiger partial charge in [0.2, 0.25) is 0 Å². The van der Waals surface area contributed by atoms with Crippen LogP contribution in [0.25, 0.3) is 0 Å². The van der Waals surface area contributed by atoms with E-state index < -0.39 is 15.8 Å². The molecule has 0 radical (unpaired) electrons. The van der Waals surface area contributed by atoms with Gasteiger partial charge in [-0.1, -0.05) is 37.3 Å². The molecule has 0 atom stereocenters. The lowest BCUT2D eigenvalue weighted by Crippen LogP contribution is -2.15.